The quantitative estimate of drug-likeness (QED) is 0.699. The van der Waals surface area contributed by atoms with Gasteiger partial charge < -0.3 is 14.2 Å². The number of amides is 1. The van der Waals surface area contributed by atoms with Crippen LogP contribution in [0.1, 0.15) is 46.6 Å². The lowest BCUT2D eigenvalue weighted by Gasteiger charge is -2.37. The summed E-state index contributed by atoms with van der Waals surface area (Å²) in [6, 6.07) is 9.74. The highest BCUT2D eigenvalue weighted by Crippen LogP contribution is 2.33. The molecule has 1 fully saturated rings. The third-order valence-corrected chi connectivity index (χ3v) is 4.24. The summed E-state index contributed by atoms with van der Waals surface area (Å²) >= 11 is 0. The summed E-state index contributed by atoms with van der Waals surface area (Å²) in [6.07, 6.45) is 1.83. The van der Waals surface area contributed by atoms with Crippen LogP contribution in [0.4, 0.5) is 4.79 Å². The van der Waals surface area contributed by atoms with E-state index in [-0.39, 0.29) is 18.2 Å². The van der Waals surface area contributed by atoms with E-state index in [9.17, 15) is 4.79 Å². The van der Waals surface area contributed by atoms with Crippen LogP contribution in [0.5, 0.6) is 0 Å². The van der Waals surface area contributed by atoms with Crippen LogP contribution in [-0.2, 0) is 20.8 Å². The highest BCUT2D eigenvalue weighted by molar-refractivity contribution is 5.70. The number of hydrogen-bond acceptors (Lipinski definition) is 4. The standard InChI is InChI=1S/C21H31NO4/c1-7-11-18(24-14-16-12-9-8-10-13-16)17-15-25-21(5,6)22(17)19(23)26-20(2,3)4/h7-10,12-13,17-18H,1,11,14-15H2,2-6H3/t17-,18?/m0/s1. The molecule has 1 unspecified atom stereocenters. The van der Waals surface area contributed by atoms with Crippen molar-refractivity contribution in [2.45, 2.75) is 71.1 Å². The lowest BCUT2D eigenvalue weighted by atomic mass is 10.1. The maximum Gasteiger partial charge on any atom is 0.412 e. The molecule has 0 radical (unpaired) electrons. The fraction of sp³-hybridized carbons (Fsp3) is 0.571. The van der Waals surface area contributed by atoms with Gasteiger partial charge in [-0.1, -0.05) is 36.4 Å². The SMILES string of the molecule is C=CCC(OCc1ccccc1)[C@@H]1COC(C)(C)N1C(=O)OC(C)(C)C. The average molecular weight is 361 g/mol. The van der Waals surface area contributed by atoms with Crippen LogP contribution in [0.3, 0.4) is 0 Å². The van der Waals surface area contributed by atoms with Crippen molar-refractivity contribution in [3.8, 4) is 0 Å². The lowest BCUT2D eigenvalue weighted by molar-refractivity contribution is -0.0735. The molecule has 1 aliphatic heterocycles. The van der Waals surface area contributed by atoms with Crippen molar-refractivity contribution in [1.82, 2.24) is 4.90 Å². The second kappa shape index (κ2) is 8.23. The number of rotatable bonds is 6. The van der Waals surface area contributed by atoms with Crippen molar-refractivity contribution in [3.63, 3.8) is 0 Å². The number of carbonyl (C=O) groups excluding carboxylic acids is 1. The van der Waals surface area contributed by atoms with Crippen LogP contribution in [0, 0.1) is 0 Å². The molecule has 1 saturated heterocycles. The monoisotopic (exact) mass is 361 g/mol. The summed E-state index contributed by atoms with van der Waals surface area (Å²) in [7, 11) is 0. The highest BCUT2D eigenvalue weighted by atomic mass is 16.6. The number of ether oxygens (including phenoxy) is 3. The first-order valence-corrected chi connectivity index (χ1v) is 9.07. The van der Waals surface area contributed by atoms with Crippen molar-refractivity contribution < 1.29 is 19.0 Å². The predicted octanol–water partition coefficient (Wildman–Crippen LogP) is 4.52. The average Bonchev–Trinajstić information content (AvgIpc) is 2.86. The second-order valence-electron chi connectivity index (χ2n) is 8.03. The number of hydrogen-bond donors (Lipinski definition) is 0. The number of benzene rings is 1. The molecule has 1 amide bonds. The van der Waals surface area contributed by atoms with Gasteiger partial charge in [-0.3, -0.25) is 4.90 Å². The summed E-state index contributed by atoms with van der Waals surface area (Å²) < 4.78 is 17.7. The van der Waals surface area contributed by atoms with E-state index in [0.29, 0.717) is 19.6 Å². The van der Waals surface area contributed by atoms with E-state index in [1.165, 1.54) is 0 Å². The minimum Gasteiger partial charge on any atom is -0.444 e. The molecule has 5 nitrogen and oxygen atoms in total. The van der Waals surface area contributed by atoms with Crippen LogP contribution in [-0.4, -0.2) is 41.1 Å². The van der Waals surface area contributed by atoms with Gasteiger partial charge in [-0.25, -0.2) is 4.79 Å². The molecule has 0 saturated carbocycles. The molecule has 0 spiro atoms. The molecule has 0 bridgehead atoms. The van der Waals surface area contributed by atoms with Crippen LogP contribution in [0.25, 0.3) is 0 Å². The maximum atomic E-state index is 12.8. The van der Waals surface area contributed by atoms with Crippen molar-refractivity contribution in [2.75, 3.05) is 6.61 Å². The molecule has 1 aromatic rings. The molecule has 144 valence electrons. The Morgan fingerprint density at radius 2 is 2.04 bits per heavy atom. The number of carbonyl (C=O) groups is 1. The smallest absolute Gasteiger partial charge is 0.412 e. The van der Waals surface area contributed by atoms with Crippen molar-refractivity contribution in [3.05, 3.63) is 48.6 Å². The van der Waals surface area contributed by atoms with E-state index in [1.54, 1.807) is 4.90 Å². The molecule has 1 heterocycles. The third-order valence-electron chi connectivity index (χ3n) is 4.24. The zero-order valence-corrected chi connectivity index (χ0v) is 16.5. The summed E-state index contributed by atoms with van der Waals surface area (Å²) in [5.41, 5.74) is -0.231. The molecule has 2 atom stereocenters. The van der Waals surface area contributed by atoms with Crippen molar-refractivity contribution >= 4 is 6.09 Å². The summed E-state index contributed by atoms with van der Waals surface area (Å²) in [6.45, 7) is 14.0. The van der Waals surface area contributed by atoms with Crippen LogP contribution < -0.4 is 0 Å². The highest BCUT2D eigenvalue weighted by Gasteiger charge is 2.48. The minimum atomic E-state index is -0.747. The van der Waals surface area contributed by atoms with Gasteiger partial charge in [-0.2, -0.15) is 0 Å². The van der Waals surface area contributed by atoms with Crippen LogP contribution >= 0.6 is 0 Å². The minimum absolute atomic E-state index is 0.220. The van der Waals surface area contributed by atoms with Gasteiger partial charge in [0.15, 0.2) is 0 Å². The van der Waals surface area contributed by atoms with E-state index in [0.717, 1.165) is 5.56 Å². The van der Waals surface area contributed by atoms with Gasteiger partial charge in [0.1, 0.15) is 11.3 Å². The number of nitrogens with zero attached hydrogens (tertiary/aromatic N) is 1. The maximum absolute atomic E-state index is 12.8. The first kappa shape index (κ1) is 20.5. The second-order valence-corrected chi connectivity index (χ2v) is 8.03. The summed E-state index contributed by atoms with van der Waals surface area (Å²) in [5, 5.41) is 0. The fourth-order valence-corrected chi connectivity index (χ4v) is 3.05. The largest absolute Gasteiger partial charge is 0.444 e. The first-order valence-electron chi connectivity index (χ1n) is 9.07. The normalized spacial score (nSPS) is 20.7. The Morgan fingerprint density at radius 1 is 1.38 bits per heavy atom. The molecule has 0 aliphatic carbocycles. The molecule has 0 N–H and O–H groups in total. The van der Waals surface area contributed by atoms with E-state index in [1.807, 2.05) is 71.0 Å². The van der Waals surface area contributed by atoms with Crippen LogP contribution in [0.2, 0.25) is 0 Å². The molecule has 2 rings (SSSR count). The Kier molecular flexibility index (Phi) is 6.48. The van der Waals surface area contributed by atoms with E-state index < -0.39 is 11.3 Å². The van der Waals surface area contributed by atoms with Gasteiger partial charge in [0.25, 0.3) is 0 Å². The fourth-order valence-electron chi connectivity index (χ4n) is 3.05. The van der Waals surface area contributed by atoms with Gasteiger partial charge >= 0.3 is 6.09 Å². The van der Waals surface area contributed by atoms with Gasteiger partial charge in [0.05, 0.1) is 25.4 Å². The molecule has 1 aromatic carbocycles. The van der Waals surface area contributed by atoms with Gasteiger partial charge in [0, 0.05) is 0 Å². The topological polar surface area (TPSA) is 48.0 Å². The summed E-state index contributed by atoms with van der Waals surface area (Å²) in [5.74, 6) is 0. The summed E-state index contributed by atoms with van der Waals surface area (Å²) in [4.78, 5) is 14.5. The Balaban J connectivity index is 2.16. The molecular weight excluding hydrogens is 330 g/mol. The molecule has 1 aliphatic rings. The molecular formula is C21H31NO4. The van der Waals surface area contributed by atoms with Crippen LogP contribution in [0.15, 0.2) is 43.0 Å². The zero-order chi connectivity index (χ0) is 19.4. The van der Waals surface area contributed by atoms with Gasteiger partial charge in [-0.15, -0.1) is 6.58 Å². The van der Waals surface area contributed by atoms with Gasteiger partial charge in [0.2, 0.25) is 0 Å². The van der Waals surface area contributed by atoms with E-state index in [4.69, 9.17) is 14.2 Å². The van der Waals surface area contributed by atoms with Crippen molar-refractivity contribution in [1.29, 1.82) is 0 Å². The first-order chi connectivity index (χ1) is 12.1. The van der Waals surface area contributed by atoms with E-state index >= 15 is 0 Å². The van der Waals surface area contributed by atoms with Gasteiger partial charge in [-0.05, 0) is 46.6 Å². The lowest BCUT2D eigenvalue weighted by Crippen LogP contribution is -2.53. The third kappa shape index (κ3) is 5.32. The molecule has 5 heteroatoms. The Labute approximate surface area is 156 Å². The molecule has 26 heavy (non-hydrogen) atoms. The van der Waals surface area contributed by atoms with E-state index in [2.05, 4.69) is 6.58 Å². The Hall–Kier alpha value is -1.85. The predicted molar refractivity (Wildman–Crippen MR) is 102 cm³/mol. The zero-order valence-electron chi connectivity index (χ0n) is 16.5. The Morgan fingerprint density at radius 3 is 2.62 bits per heavy atom. The Bertz CT molecular complexity index is 606. The van der Waals surface area contributed by atoms with Crippen molar-refractivity contribution in [2.24, 2.45) is 0 Å². The molecule has 0 aromatic heterocycles.